The summed E-state index contributed by atoms with van der Waals surface area (Å²) in [4.78, 5) is 0. The lowest BCUT2D eigenvalue weighted by Crippen LogP contribution is -1.74. The van der Waals surface area contributed by atoms with Crippen LogP contribution in [0.3, 0.4) is 0 Å². The zero-order chi connectivity index (χ0) is 14.3. The SMILES string of the molecule is C(=Cc1ccoc1C=Cc1ccccc1)c1ccccc1. The van der Waals surface area contributed by atoms with E-state index < -0.39 is 0 Å². The molecular weight excluding hydrogens is 256 g/mol. The fourth-order valence-corrected chi connectivity index (χ4v) is 2.09. The average Bonchev–Trinajstić information content (AvgIpc) is 3.00. The Hall–Kier alpha value is -2.80. The van der Waals surface area contributed by atoms with Crippen LogP contribution in [0.5, 0.6) is 0 Å². The van der Waals surface area contributed by atoms with Gasteiger partial charge in [-0.1, -0.05) is 78.9 Å². The van der Waals surface area contributed by atoms with Crippen LogP contribution in [-0.4, -0.2) is 0 Å². The molecule has 0 unspecified atom stereocenters. The second kappa shape index (κ2) is 6.58. The van der Waals surface area contributed by atoms with Crippen molar-refractivity contribution in [1.29, 1.82) is 0 Å². The largest absolute Gasteiger partial charge is 0.464 e. The maximum atomic E-state index is 5.54. The number of hydrogen-bond donors (Lipinski definition) is 0. The van der Waals surface area contributed by atoms with E-state index in [9.17, 15) is 0 Å². The lowest BCUT2D eigenvalue weighted by molar-refractivity contribution is 0.557. The quantitative estimate of drug-likeness (QED) is 0.600. The monoisotopic (exact) mass is 272 g/mol. The van der Waals surface area contributed by atoms with E-state index in [2.05, 4.69) is 42.5 Å². The van der Waals surface area contributed by atoms with E-state index >= 15 is 0 Å². The molecular formula is C20H16O. The Morgan fingerprint density at radius 3 is 1.76 bits per heavy atom. The highest BCUT2D eigenvalue weighted by Gasteiger charge is 1.99. The van der Waals surface area contributed by atoms with Crippen LogP contribution in [0, 0.1) is 0 Å². The third kappa shape index (κ3) is 3.61. The van der Waals surface area contributed by atoms with Gasteiger partial charge in [0.25, 0.3) is 0 Å². The highest BCUT2D eigenvalue weighted by atomic mass is 16.3. The summed E-state index contributed by atoms with van der Waals surface area (Å²) in [6, 6.07) is 22.4. The molecule has 0 saturated heterocycles. The summed E-state index contributed by atoms with van der Waals surface area (Å²) in [6.45, 7) is 0. The van der Waals surface area contributed by atoms with E-state index in [1.54, 1.807) is 6.26 Å². The molecule has 0 aliphatic carbocycles. The zero-order valence-corrected chi connectivity index (χ0v) is 11.6. The topological polar surface area (TPSA) is 13.1 Å². The van der Waals surface area contributed by atoms with Gasteiger partial charge in [-0.2, -0.15) is 0 Å². The maximum Gasteiger partial charge on any atom is 0.133 e. The Labute approximate surface area is 124 Å². The molecule has 3 aromatic rings. The molecule has 0 aliphatic rings. The first-order chi connectivity index (χ1) is 10.4. The molecule has 2 aromatic carbocycles. The van der Waals surface area contributed by atoms with Crippen molar-refractivity contribution < 1.29 is 4.42 Å². The minimum absolute atomic E-state index is 0.867. The molecule has 1 nitrogen and oxygen atoms in total. The van der Waals surface area contributed by atoms with Gasteiger partial charge < -0.3 is 4.42 Å². The van der Waals surface area contributed by atoms with E-state index in [4.69, 9.17) is 4.42 Å². The normalized spacial score (nSPS) is 11.4. The van der Waals surface area contributed by atoms with Crippen molar-refractivity contribution >= 4 is 24.3 Å². The molecule has 102 valence electrons. The van der Waals surface area contributed by atoms with Crippen LogP contribution in [0.2, 0.25) is 0 Å². The molecule has 0 atom stereocenters. The van der Waals surface area contributed by atoms with Crippen LogP contribution in [0.1, 0.15) is 22.5 Å². The second-order valence-corrected chi connectivity index (χ2v) is 4.73. The molecule has 0 radical (unpaired) electrons. The van der Waals surface area contributed by atoms with Crippen molar-refractivity contribution in [2.24, 2.45) is 0 Å². The number of furan rings is 1. The molecule has 1 aromatic heterocycles. The molecule has 1 heteroatoms. The summed E-state index contributed by atoms with van der Waals surface area (Å²) in [6.07, 6.45) is 9.93. The Bertz CT molecular complexity index is 670. The Kier molecular flexibility index (Phi) is 4.13. The van der Waals surface area contributed by atoms with Crippen molar-refractivity contribution in [2.75, 3.05) is 0 Å². The van der Waals surface area contributed by atoms with Crippen LogP contribution >= 0.6 is 0 Å². The minimum atomic E-state index is 0.867. The third-order valence-electron chi connectivity index (χ3n) is 3.21. The van der Waals surface area contributed by atoms with Gasteiger partial charge >= 0.3 is 0 Å². The van der Waals surface area contributed by atoms with Gasteiger partial charge in [-0.3, -0.25) is 0 Å². The summed E-state index contributed by atoms with van der Waals surface area (Å²) >= 11 is 0. The van der Waals surface area contributed by atoms with Crippen molar-refractivity contribution in [3.05, 3.63) is 95.4 Å². The van der Waals surface area contributed by atoms with E-state index in [-0.39, 0.29) is 0 Å². The fraction of sp³-hybridized carbons (Fsp3) is 0. The minimum Gasteiger partial charge on any atom is -0.464 e. The van der Waals surface area contributed by atoms with E-state index in [0.29, 0.717) is 0 Å². The van der Waals surface area contributed by atoms with Crippen molar-refractivity contribution in [2.45, 2.75) is 0 Å². The first-order valence-corrected chi connectivity index (χ1v) is 6.95. The molecule has 3 rings (SSSR count). The summed E-state index contributed by atoms with van der Waals surface area (Å²) in [5.74, 6) is 0.867. The molecule has 0 fully saturated rings. The lowest BCUT2D eigenvalue weighted by Gasteiger charge is -1.94. The molecule has 1 heterocycles. The van der Waals surface area contributed by atoms with Gasteiger partial charge in [0.05, 0.1) is 6.26 Å². The Balaban J connectivity index is 1.78. The molecule has 0 aliphatic heterocycles. The summed E-state index contributed by atoms with van der Waals surface area (Å²) in [5, 5.41) is 0. The van der Waals surface area contributed by atoms with Crippen LogP contribution in [-0.2, 0) is 0 Å². The standard InChI is InChI=1S/C20H16O/c1-3-7-17(8-4-1)11-13-19-15-16-21-20(19)14-12-18-9-5-2-6-10-18/h1-16H. The number of rotatable bonds is 4. The fourth-order valence-electron chi connectivity index (χ4n) is 2.09. The molecule has 0 bridgehead atoms. The Morgan fingerprint density at radius 2 is 1.14 bits per heavy atom. The van der Waals surface area contributed by atoms with Crippen molar-refractivity contribution in [1.82, 2.24) is 0 Å². The van der Waals surface area contributed by atoms with E-state index in [0.717, 1.165) is 16.9 Å². The Morgan fingerprint density at radius 1 is 0.571 bits per heavy atom. The highest BCUT2D eigenvalue weighted by Crippen LogP contribution is 2.17. The highest BCUT2D eigenvalue weighted by molar-refractivity contribution is 5.77. The van der Waals surface area contributed by atoms with Gasteiger partial charge in [-0.25, -0.2) is 0 Å². The molecule has 0 N–H and O–H groups in total. The predicted molar refractivity (Wildman–Crippen MR) is 89.4 cm³/mol. The zero-order valence-electron chi connectivity index (χ0n) is 11.6. The molecule has 0 amide bonds. The molecule has 0 saturated carbocycles. The van der Waals surface area contributed by atoms with Crippen LogP contribution in [0.4, 0.5) is 0 Å². The predicted octanol–water partition coefficient (Wildman–Crippen LogP) is 5.62. The number of benzene rings is 2. The van der Waals surface area contributed by atoms with Gasteiger partial charge in [0.1, 0.15) is 5.76 Å². The lowest BCUT2D eigenvalue weighted by atomic mass is 10.1. The van der Waals surface area contributed by atoms with Gasteiger partial charge in [0.2, 0.25) is 0 Å². The smallest absolute Gasteiger partial charge is 0.133 e. The summed E-state index contributed by atoms with van der Waals surface area (Å²) < 4.78 is 5.54. The summed E-state index contributed by atoms with van der Waals surface area (Å²) in [7, 11) is 0. The van der Waals surface area contributed by atoms with Crippen LogP contribution < -0.4 is 0 Å². The maximum absolute atomic E-state index is 5.54. The molecule has 21 heavy (non-hydrogen) atoms. The summed E-state index contributed by atoms with van der Waals surface area (Å²) in [5.41, 5.74) is 3.41. The van der Waals surface area contributed by atoms with Crippen LogP contribution in [0.25, 0.3) is 24.3 Å². The first-order valence-electron chi connectivity index (χ1n) is 6.95. The first kappa shape index (κ1) is 13.2. The van der Waals surface area contributed by atoms with Crippen LogP contribution in [0.15, 0.2) is 77.4 Å². The van der Waals surface area contributed by atoms with Gasteiger partial charge in [0.15, 0.2) is 0 Å². The van der Waals surface area contributed by atoms with E-state index in [1.165, 1.54) is 5.56 Å². The van der Waals surface area contributed by atoms with Gasteiger partial charge in [0, 0.05) is 5.56 Å². The second-order valence-electron chi connectivity index (χ2n) is 4.73. The molecule has 0 spiro atoms. The van der Waals surface area contributed by atoms with Gasteiger partial charge in [-0.05, 0) is 23.3 Å². The van der Waals surface area contributed by atoms with E-state index in [1.807, 2.05) is 48.5 Å². The average molecular weight is 272 g/mol. The third-order valence-corrected chi connectivity index (χ3v) is 3.21. The van der Waals surface area contributed by atoms with Crippen molar-refractivity contribution in [3.8, 4) is 0 Å². The van der Waals surface area contributed by atoms with Crippen molar-refractivity contribution in [3.63, 3.8) is 0 Å². The van der Waals surface area contributed by atoms with Gasteiger partial charge in [-0.15, -0.1) is 0 Å². The number of hydrogen-bond acceptors (Lipinski definition) is 1.